The lowest BCUT2D eigenvalue weighted by molar-refractivity contribution is -0.146. The number of likely N-dealkylation sites (tertiary alicyclic amines) is 1. The molecule has 1 heterocycles. The average Bonchev–Trinajstić information content (AvgIpc) is 3.17. The van der Waals surface area contributed by atoms with Gasteiger partial charge in [-0.1, -0.05) is 13.3 Å². The number of nitrogens with zero attached hydrogens (tertiary/aromatic N) is 1. The van der Waals surface area contributed by atoms with E-state index in [4.69, 9.17) is 0 Å². The Bertz CT molecular complexity index is 328. The predicted molar refractivity (Wildman–Crippen MR) is 68.1 cm³/mol. The standard InChI is InChI=1S/C14H23NO3/c1-2-3-4-12(16)15-9-5-11(6-10-15)14(7-8-14)13(17)18/h11H,2-10H2,1H3,(H,17,18). The summed E-state index contributed by atoms with van der Waals surface area (Å²) in [7, 11) is 0. The highest BCUT2D eigenvalue weighted by Crippen LogP contribution is 2.55. The summed E-state index contributed by atoms with van der Waals surface area (Å²) in [6.07, 6.45) is 6.04. The van der Waals surface area contributed by atoms with Crippen molar-refractivity contribution in [1.82, 2.24) is 4.90 Å². The van der Waals surface area contributed by atoms with E-state index in [1.165, 1.54) is 0 Å². The Labute approximate surface area is 108 Å². The van der Waals surface area contributed by atoms with Crippen LogP contribution in [0, 0.1) is 11.3 Å². The van der Waals surface area contributed by atoms with Crippen LogP contribution < -0.4 is 0 Å². The Morgan fingerprint density at radius 1 is 1.28 bits per heavy atom. The molecule has 0 bridgehead atoms. The summed E-state index contributed by atoms with van der Waals surface area (Å²) in [5.41, 5.74) is -0.432. The third-order valence-corrected chi connectivity index (χ3v) is 4.59. The highest BCUT2D eigenvalue weighted by atomic mass is 16.4. The second-order valence-corrected chi connectivity index (χ2v) is 5.72. The number of rotatable bonds is 5. The third kappa shape index (κ3) is 2.52. The molecule has 0 atom stereocenters. The molecule has 2 rings (SSSR count). The van der Waals surface area contributed by atoms with Crippen LogP contribution in [-0.2, 0) is 9.59 Å². The van der Waals surface area contributed by atoms with Crippen LogP contribution >= 0.6 is 0 Å². The van der Waals surface area contributed by atoms with E-state index in [-0.39, 0.29) is 11.8 Å². The molecule has 18 heavy (non-hydrogen) atoms. The van der Waals surface area contributed by atoms with Crippen molar-refractivity contribution in [2.75, 3.05) is 13.1 Å². The molecule has 4 heteroatoms. The summed E-state index contributed by atoms with van der Waals surface area (Å²) in [4.78, 5) is 25.1. The van der Waals surface area contributed by atoms with Gasteiger partial charge in [0.25, 0.3) is 0 Å². The van der Waals surface area contributed by atoms with E-state index in [9.17, 15) is 14.7 Å². The van der Waals surface area contributed by atoms with Gasteiger partial charge in [0.1, 0.15) is 0 Å². The lowest BCUT2D eigenvalue weighted by atomic mass is 9.81. The molecule has 0 aromatic heterocycles. The lowest BCUT2D eigenvalue weighted by Crippen LogP contribution is -2.41. The number of piperidine rings is 1. The summed E-state index contributed by atoms with van der Waals surface area (Å²) >= 11 is 0. The zero-order valence-electron chi connectivity index (χ0n) is 11.2. The van der Waals surface area contributed by atoms with Crippen molar-refractivity contribution in [2.24, 2.45) is 11.3 Å². The molecule has 0 spiro atoms. The maximum atomic E-state index is 11.9. The predicted octanol–water partition coefficient (Wildman–Crippen LogP) is 2.28. The Hall–Kier alpha value is -1.06. The molecule has 1 N–H and O–H groups in total. The van der Waals surface area contributed by atoms with Crippen molar-refractivity contribution in [1.29, 1.82) is 0 Å². The number of carbonyl (C=O) groups excluding carboxylic acids is 1. The van der Waals surface area contributed by atoms with Crippen LogP contribution in [0.2, 0.25) is 0 Å². The quantitative estimate of drug-likeness (QED) is 0.817. The van der Waals surface area contributed by atoms with Gasteiger partial charge in [0.2, 0.25) is 5.91 Å². The molecule has 4 nitrogen and oxygen atoms in total. The van der Waals surface area contributed by atoms with Gasteiger partial charge in [-0.05, 0) is 38.0 Å². The Balaban J connectivity index is 1.81. The number of carbonyl (C=O) groups is 2. The fourth-order valence-corrected chi connectivity index (χ4v) is 3.10. The van der Waals surface area contributed by atoms with Gasteiger partial charge in [-0.15, -0.1) is 0 Å². The summed E-state index contributed by atoms with van der Waals surface area (Å²) in [5.74, 6) is -0.0982. The topological polar surface area (TPSA) is 57.6 Å². The summed E-state index contributed by atoms with van der Waals surface area (Å²) in [5, 5.41) is 9.27. The van der Waals surface area contributed by atoms with Gasteiger partial charge >= 0.3 is 5.97 Å². The van der Waals surface area contributed by atoms with E-state index in [1.807, 2.05) is 4.90 Å². The van der Waals surface area contributed by atoms with Crippen molar-refractivity contribution < 1.29 is 14.7 Å². The van der Waals surface area contributed by atoms with Gasteiger partial charge in [-0.3, -0.25) is 9.59 Å². The molecule has 0 radical (unpaired) electrons. The minimum absolute atomic E-state index is 0.246. The van der Waals surface area contributed by atoms with Crippen molar-refractivity contribution >= 4 is 11.9 Å². The van der Waals surface area contributed by atoms with E-state index in [0.717, 1.165) is 51.6 Å². The second-order valence-electron chi connectivity index (χ2n) is 5.72. The second kappa shape index (κ2) is 5.29. The molecule has 1 aliphatic carbocycles. The van der Waals surface area contributed by atoms with E-state index < -0.39 is 11.4 Å². The number of amides is 1. The molecule has 2 fully saturated rings. The third-order valence-electron chi connectivity index (χ3n) is 4.59. The fourth-order valence-electron chi connectivity index (χ4n) is 3.10. The lowest BCUT2D eigenvalue weighted by Gasteiger charge is -2.35. The molecular weight excluding hydrogens is 230 g/mol. The smallest absolute Gasteiger partial charge is 0.309 e. The SMILES string of the molecule is CCCCC(=O)N1CCC(C2(C(=O)O)CC2)CC1. The number of carboxylic acids is 1. The minimum Gasteiger partial charge on any atom is -0.481 e. The number of carboxylic acid groups (broad SMARTS) is 1. The van der Waals surface area contributed by atoms with Gasteiger partial charge in [-0.25, -0.2) is 0 Å². The van der Waals surface area contributed by atoms with Crippen molar-refractivity contribution in [2.45, 2.75) is 51.9 Å². The van der Waals surface area contributed by atoms with Crippen LogP contribution in [0.4, 0.5) is 0 Å². The number of hydrogen-bond acceptors (Lipinski definition) is 2. The maximum Gasteiger partial charge on any atom is 0.309 e. The van der Waals surface area contributed by atoms with Crippen LogP contribution in [0.1, 0.15) is 51.9 Å². The van der Waals surface area contributed by atoms with Crippen LogP contribution in [-0.4, -0.2) is 35.0 Å². The number of unbranched alkanes of at least 4 members (excludes halogenated alkanes) is 1. The Kier molecular flexibility index (Phi) is 3.93. The van der Waals surface area contributed by atoms with Crippen LogP contribution in [0.5, 0.6) is 0 Å². The molecule has 0 aromatic carbocycles. The van der Waals surface area contributed by atoms with E-state index in [1.54, 1.807) is 0 Å². The van der Waals surface area contributed by atoms with Crippen molar-refractivity contribution in [3.63, 3.8) is 0 Å². The highest BCUT2D eigenvalue weighted by molar-refractivity contribution is 5.78. The van der Waals surface area contributed by atoms with Crippen LogP contribution in [0.3, 0.4) is 0 Å². The molecule has 2 aliphatic rings. The van der Waals surface area contributed by atoms with Crippen LogP contribution in [0.25, 0.3) is 0 Å². The van der Waals surface area contributed by atoms with Gasteiger partial charge < -0.3 is 10.0 Å². The van der Waals surface area contributed by atoms with E-state index in [0.29, 0.717) is 6.42 Å². The zero-order chi connectivity index (χ0) is 13.2. The summed E-state index contributed by atoms with van der Waals surface area (Å²) in [6.45, 7) is 3.59. The van der Waals surface area contributed by atoms with Crippen molar-refractivity contribution in [3.8, 4) is 0 Å². The summed E-state index contributed by atoms with van der Waals surface area (Å²) in [6, 6.07) is 0. The van der Waals surface area contributed by atoms with Crippen molar-refractivity contribution in [3.05, 3.63) is 0 Å². The molecule has 102 valence electrons. The largest absolute Gasteiger partial charge is 0.481 e. The maximum absolute atomic E-state index is 11.9. The first-order valence-corrected chi connectivity index (χ1v) is 7.11. The number of aliphatic carboxylic acids is 1. The highest BCUT2D eigenvalue weighted by Gasteiger charge is 2.56. The molecule has 0 unspecified atom stereocenters. The Morgan fingerprint density at radius 2 is 1.89 bits per heavy atom. The van der Waals surface area contributed by atoms with Gasteiger partial charge in [0, 0.05) is 19.5 Å². The zero-order valence-corrected chi connectivity index (χ0v) is 11.2. The first-order chi connectivity index (χ1) is 8.60. The number of hydrogen-bond donors (Lipinski definition) is 1. The van der Waals surface area contributed by atoms with Gasteiger partial charge in [-0.2, -0.15) is 0 Å². The molecule has 1 saturated heterocycles. The van der Waals surface area contributed by atoms with Gasteiger partial charge in [0.05, 0.1) is 5.41 Å². The molecule has 1 aliphatic heterocycles. The van der Waals surface area contributed by atoms with E-state index in [2.05, 4.69) is 6.92 Å². The molecular formula is C14H23NO3. The average molecular weight is 253 g/mol. The van der Waals surface area contributed by atoms with Crippen LogP contribution in [0.15, 0.2) is 0 Å². The normalized spacial score (nSPS) is 22.8. The monoisotopic (exact) mass is 253 g/mol. The first kappa shape index (κ1) is 13.4. The minimum atomic E-state index is -0.627. The molecule has 1 amide bonds. The Morgan fingerprint density at radius 3 is 2.33 bits per heavy atom. The molecule has 0 aromatic rings. The first-order valence-electron chi connectivity index (χ1n) is 7.11. The van der Waals surface area contributed by atoms with E-state index >= 15 is 0 Å². The van der Waals surface area contributed by atoms with Gasteiger partial charge in [0.15, 0.2) is 0 Å². The fraction of sp³-hybridized carbons (Fsp3) is 0.857. The summed E-state index contributed by atoms with van der Waals surface area (Å²) < 4.78 is 0. The molecule has 1 saturated carbocycles.